The molecule has 0 saturated heterocycles. The van der Waals surface area contributed by atoms with E-state index in [0.29, 0.717) is 17.3 Å². The van der Waals surface area contributed by atoms with Crippen molar-refractivity contribution >= 4 is 22.6 Å². The summed E-state index contributed by atoms with van der Waals surface area (Å²) >= 11 is 0. The minimum Gasteiger partial charge on any atom is -0.493 e. The smallest absolute Gasteiger partial charge is 0.325 e. The fraction of sp³-hybridized carbons (Fsp3) is 0.286. The van der Waals surface area contributed by atoms with Crippen LogP contribution in [0.25, 0.3) is 10.8 Å². The van der Waals surface area contributed by atoms with Gasteiger partial charge in [0, 0.05) is 11.6 Å². The highest BCUT2D eigenvalue weighted by molar-refractivity contribution is 5.95. The van der Waals surface area contributed by atoms with Crippen LogP contribution in [0.3, 0.4) is 0 Å². The van der Waals surface area contributed by atoms with Gasteiger partial charge in [-0.3, -0.25) is 4.79 Å². The highest BCUT2D eigenvalue weighted by Crippen LogP contribution is 2.34. The first-order chi connectivity index (χ1) is 9.69. The predicted molar refractivity (Wildman–Crippen MR) is 75.4 cm³/mol. The summed E-state index contributed by atoms with van der Waals surface area (Å²) in [6.07, 6.45) is 1.66. The molecule has 1 N–H and O–H groups in total. The van der Waals surface area contributed by atoms with E-state index in [0.717, 1.165) is 10.8 Å². The molecule has 0 amide bonds. The number of fused-ring (bicyclic) bond motifs is 1. The van der Waals surface area contributed by atoms with Gasteiger partial charge in [0.2, 0.25) is 0 Å². The maximum Gasteiger partial charge on any atom is 0.325 e. The van der Waals surface area contributed by atoms with E-state index in [1.807, 2.05) is 18.2 Å². The molecule has 2 rings (SSSR count). The summed E-state index contributed by atoms with van der Waals surface area (Å²) in [5, 5.41) is 4.72. The van der Waals surface area contributed by atoms with Crippen LogP contribution >= 0.6 is 0 Å². The molecule has 1 aromatic heterocycles. The summed E-state index contributed by atoms with van der Waals surface area (Å²) in [5.74, 6) is 1.48. The first kappa shape index (κ1) is 13.9. The quantitative estimate of drug-likeness (QED) is 0.840. The Morgan fingerprint density at radius 1 is 1.20 bits per heavy atom. The van der Waals surface area contributed by atoms with Crippen molar-refractivity contribution in [3.63, 3.8) is 0 Å². The van der Waals surface area contributed by atoms with Crippen LogP contribution in [0, 0.1) is 0 Å². The third-order valence-electron chi connectivity index (χ3n) is 2.90. The zero-order chi connectivity index (χ0) is 14.5. The van der Waals surface area contributed by atoms with Gasteiger partial charge in [-0.15, -0.1) is 0 Å². The van der Waals surface area contributed by atoms with Gasteiger partial charge in [-0.05, 0) is 23.6 Å². The van der Waals surface area contributed by atoms with Crippen LogP contribution in [-0.4, -0.2) is 38.8 Å². The van der Waals surface area contributed by atoms with Crippen LogP contribution < -0.4 is 14.8 Å². The number of carbonyl (C=O) groups is 1. The van der Waals surface area contributed by atoms with Crippen molar-refractivity contribution in [3.8, 4) is 11.5 Å². The third-order valence-corrected chi connectivity index (χ3v) is 2.90. The molecule has 0 spiro atoms. The Morgan fingerprint density at radius 3 is 2.55 bits per heavy atom. The van der Waals surface area contributed by atoms with E-state index in [4.69, 9.17) is 9.47 Å². The van der Waals surface area contributed by atoms with Gasteiger partial charge in [0.15, 0.2) is 11.5 Å². The van der Waals surface area contributed by atoms with E-state index < -0.39 is 0 Å². The molecule has 0 fully saturated rings. The van der Waals surface area contributed by atoms with E-state index in [9.17, 15) is 4.79 Å². The Morgan fingerprint density at radius 2 is 1.90 bits per heavy atom. The van der Waals surface area contributed by atoms with Gasteiger partial charge in [0.1, 0.15) is 12.4 Å². The van der Waals surface area contributed by atoms with Crippen LogP contribution in [0.1, 0.15) is 0 Å². The standard InChI is InChI=1S/C14H16N2O4/c1-18-11-6-9-4-5-15-14(16-8-13(17)20-3)10(9)7-12(11)19-2/h4-7H,8H2,1-3H3,(H,15,16). The Kier molecular flexibility index (Phi) is 4.24. The minimum absolute atomic E-state index is 0.0525. The Hall–Kier alpha value is -2.50. The number of methoxy groups -OCH3 is 3. The van der Waals surface area contributed by atoms with Crippen molar-refractivity contribution in [2.45, 2.75) is 0 Å². The second kappa shape index (κ2) is 6.10. The van der Waals surface area contributed by atoms with Crippen molar-refractivity contribution in [2.75, 3.05) is 33.2 Å². The number of nitrogens with zero attached hydrogens (tertiary/aromatic N) is 1. The van der Waals surface area contributed by atoms with Gasteiger partial charge < -0.3 is 19.5 Å². The largest absolute Gasteiger partial charge is 0.493 e. The number of hydrogen-bond acceptors (Lipinski definition) is 6. The molecule has 0 aliphatic heterocycles. The number of benzene rings is 1. The maximum atomic E-state index is 11.2. The number of esters is 1. The second-order valence-electron chi connectivity index (χ2n) is 4.02. The number of ether oxygens (including phenoxy) is 3. The van der Waals surface area contributed by atoms with Gasteiger partial charge in [-0.2, -0.15) is 0 Å². The van der Waals surface area contributed by atoms with Gasteiger partial charge in [0.05, 0.1) is 21.3 Å². The number of carbonyl (C=O) groups excluding carboxylic acids is 1. The summed E-state index contributed by atoms with van der Waals surface area (Å²) in [7, 11) is 4.50. The highest BCUT2D eigenvalue weighted by atomic mass is 16.5. The fourth-order valence-electron chi connectivity index (χ4n) is 1.87. The van der Waals surface area contributed by atoms with E-state index in [1.165, 1.54) is 7.11 Å². The van der Waals surface area contributed by atoms with Crippen molar-refractivity contribution in [2.24, 2.45) is 0 Å². The summed E-state index contributed by atoms with van der Waals surface area (Å²) in [6.45, 7) is 0.0525. The lowest BCUT2D eigenvalue weighted by atomic mass is 10.1. The number of hydrogen-bond donors (Lipinski definition) is 1. The number of anilines is 1. The lowest BCUT2D eigenvalue weighted by Crippen LogP contribution is -2.15. The van der Waals surface area contributed by atoms with Crippen LogP contribution in [0.5, 0.6) is 11.5 Å². The first-order valence-corrected chi connectivity index (χ1v) is 6.01. The molecular formula is C14H16N2O4. The van der Waals surface area contributed by atoms with Gasteiger partial charge in [0.25, 0.3) is 0 Å². The van der Waals surface area contributed by atoms with Crippen LogP contribution in [-0.2, 0) is 9.53 Å². The zero-order valence-corrected chi connectivity index (χ0v) is 11.6. The lowest BCUT2D eigenvalue weighted by Gasteiger charge is -2.12. The number of rotatable bonds is 5. The van der Waals surface area contributed by atoms with Crippen LogP contribution in [0.2, 0.25) is 0 Å². The van der Waals surface area contributed by atoms with Crippen molar-refractivity contribution < 1.29 is 19.0 Å². The Labute approximate surface area is 116 Å². The molecule has 6 nitrogen and oxygen atoms in total. The maximum absolute atomic E-state index is 11.2. The lowest BCUT2D eigenvalue weighted by molar-refractivity contribution is -0.138. The van der Waals surface area contributed by atoms with Crippen molar-refractivity contribution in [1.82, 2.24) is 4.98 Å². The fourth-order valence-corrected chi connectivity index (χ4v) is 1.87. The van der Waals surface area contributed by atoms with Gasteiger partial charge >= 0.3 is 5.97 Å². The van der Waals surface area contributed by atoms with Crippen molar-refractivity contribution in [1.29, 1.82) is 0 Å². The second-order valence-corrected chi connectivity index (χ2v) is 4.02. The van der Waals surface area contributed by atoms with Gasteiger partial charge in [-0.25, -0.2) is 4.98 Å². The predicted octanol–water partition coefficient (Wildman–Crippen LogP) is 1.84. The molecule has 0 aliphatic rings. The highest BCUT2D eigenvalue weighted by Gasteiger charge is 2.10. The van der Waals surface area contributed by atoms with Crippen LogP contribution in [0.15, 0.2) is 24.4 Å². The summed E-state index contributed by atoms with van der Waals surface area (Å²) in [5.41, 5.74) is 0. The Bertz CT molecular complexity index is 628. The molecule has 0 aliphatic carbocycles. The van der Waals surface area contributed by atoms with Crippen LogP contribution in [0.4, 0.5) is 5.82 Å². The van der Waals surface area contributed by atoms with Gasteiger partial charge in [-0.1, -0.05) is 0 Å². The van der Waals surface area contributed by atoms with E-state index in [-0.39, 0.29) is 12.5 Å². The molecule has 0 unspecified atom stereocenters. The molecule has 6 heteroatoms. The molecule has 20 heavy (non-hydrogen) atoms. The molecule has 0 atom stereocenters. The first-order valence-electron chi connectivity index (χ1n) is 6.01. The summed E-state index contributed by atoms with van der Waals surface area (Å²) < 4.78 is 15.1. The minimum atomic E-state index is -0.357. The van der Waals surface area contributed by atoms with E-state index >= 15 is 0 Å². The number of nitrogens with one attached hydrogen (secondary N) is 1. The monoisotopic (exact) mass is 276 g/mol. The third kappa shape index (κ3) is 2.74. The molecule has 0 bridgehead atoms. The average molecular weight is 276 g/mol. The zero-order valence-electron chi connectivity index (χ0n) is 11.6. The molecule has 0 radical (unpaired) electrons. The average Bonchev–Trinajstić information content (AvgIpc) is 2.50. The molecule has 1 aromatic carbocycles. The molecular weight excluding hydrogens is 260 g/mol. The van der Waals surface area contributed by atoms with E-state index in [1.54, 1.807) is 20.4 Å². The SMILES string of the molecule is COC(=O)CNc1nccc2cc(OC)c(OC)cc12. The Balaban J connectivity index is 2.42. The topological polar surface area (TPSA) is 69.7 Å². The molecule has 1 heterocycles. The molecule has 106 valence electrons. The van der Waals surface area contributed by atoms with E-state index in [2.05, 4.69) is 15.0 Å². The number of pyridine rings is 1. The van der Waals surface area contributed by atoms with Crippen molar-refractivity contribution in [3.05, 3.63) is 24.4 Å². The molecule has 2 aromatic rings. The number of aromatic nitrogens is 1. The normalized spacial score (nSPS) is 10.2. The summed E-state index contributed by atoms with van der Waals surface area (Å²) in [6, 6.07) is 5.54. The summed E-state index contributed by atoms with van der Waals surface area (Å²) in [4.78, 5) is 15.4. The molecule has 0 saturated carbocycles.